The number of esters is 1. The van der Waals surface area contributed by atoms with Crippen molar-refractivity contribution < 1.29 is 14.3 Å². The molecule has 17 heavy (non-hydrogen) atoms. The van der Waals surface area contributed by atoms with E-state index in [1.807, 2.05) is 0 Å². The summed E-state index contributed by atoms with van der Waals surface area (Å²) >= 11 is 3.33. The molecule has 1 aromatic carbocycles. The molecular formula is C13H15BrO3. The van der Waals surface area contributed by atoms with Crippen molar-refractivity contribution in [1.82, 2.24) is 0 Å². The summed E-state index contributed by atoms with van der Waals surface area (Å²) in [5.41, 5.74) is 1.91. The monoisotopic (exact) mass is 298 g/mol. The number of rotatable bonds is 5. The first-order chi connectivity index (χ1) is 8.13. The maximum absolute atomic E-state index is 11.8. The molecule has 1 aromatic rings. The highest BCUT2D eigenvalue weighted by Crippen LogP contribution is 2.17. The van der Waals surface area contributed by atoms with Gasteiger partial charge < -0.3 is 4.74 Å². The molecule has 4 heteroatoms. The van der Waals surface area contributed by atoms with Crippen LogP contribution < -0.4 is 0 Å². The number of ether oxygens (including phenoxy) is 1. The predicted molar refractivity (Wildman–Crippen MR) is 69.7 cm³/mol. The van der Waals surface area contributed by atoms with Crippen molar-refractivity contribution in [2.75, 3.05) is 6.61 Å². The first-order valence-corrected chi connectivity index (χ1v) is 6.65. The lowest BCUT2D eigenvalue weighted by atomic mass is 10.0. The summed E-state index contributed by atoms with van der Waals surface area (Å²) in [6, 6.07) is 5.07. The third-order valence-corrected chi connectivity index (χ3v) is 2.99. The number of Topliss-reactive ketones (excluding diaryl/α,β-unsaturated/α-hetero) is 1. The van der Waals surface area contributed by atoms with Crippen LogP contribution in [0.15, 0.2) is 18.2 Å². The minimum atomic E-state index is -0.390. The van der Waals surface area contributed by atoms with Gasteiger partial charge in [-0.2, -0.15) is 0 Å². The summed E-state index contributed by atoms with van der Waals surface area (Å²) in [6.07, 6.45) is 0.423. The number of hydrogen-bond acceptors (Lipinski definition) is 3. The first kappa shape index (κ1) is 13.9. The average molecular weight is 299 g/mol. The number of benzene rings is 1. The summed E-state index contributed by atoms with van der Waals surface area (Å²) in [4.78, 5) is 23.3. The molecule has 0 aliphatic rings. The standard InChI is InChI=1S/C13H15BrO3/c1-3-12(15)11-7-9(13(16)17-4-2)5-6-10(11)8-14/h5-7H,3-4,8H2,1-2H3. The zero-order chi connectivity index (χ0) is 12.8. The van der Waals surface area contributed by atoms with E-state index in [1.54, 1.807) is 32.0 Å². The van der Waals surface area contributed by atoms with Gasteiger partial charge in [0.2, 0.25) is 0 Å². The van der Waals surface area contributed by atoms with Crippen molar-refractivity contribution in [1.29, 1.82) is 0 Å². The van der Waals surface area contributed by atoms with Crippen LogP contribution in [-0.4, -0.2) is 18.4 Å². The predicted octanol–water partition coefficient (Wildman–Crippen LogP) is 3.35. The second-order valence-corrected chi connectivity index (χ2v) is 4.06. The highest BCUT2D eigenvalue weighted by molar-refractivity contribution is 9.08. The Morgan fingerprint density at radius 2 is 2.00 bits per heavy atom. The van der Waals surface area contributed by atoms with E-state index in [1.165, 1.54) is 0 Å². The maximum Gasteiger partial charge on any atom is 0.338 e. The second-order valence-electron chi connectivity index (χ2n) is 3.50. The van der Waals surface area contributed by atoms with Gasteiger partial charge in [-0.05, 0) is 24.6 Å². The molecule has 0 N–H and O–H groups in total. The van der Waals surface area contributed by atoms with Crippen molar-refractivity contribution in [3.05, 3.63) is 34.9 Å². The lowest BCUT2D eigenvalue weighted by Gasteiger charge is -2.08. The Bertz CT molecular complexity index is 427. The topological polar surface area (TPSA) is 43.4 Å². The number of carbonyl (C=O) groups is 2. The molecular weight excluding hydrogens is 284 g/mol. The van der Waals surface area contributed by atoms with E-state index in [2.05, 4.69) is 15.9 Å². The van der Waals surface area contributed by atoms with Crippen LogP contribution in [0.1, 0.15) is 46.5 Å². The quantitative estimate of drug-likeness (QED) is 0.476. The van der Waals surface area contributed by atoms with Gasteiger partial charge >= 0.3 is 5.97 Å². The third-order valence-electron chi connectivity index (χ3n) is 2.39. The van der Waals surface area contributed by atoms with Gasteiger partial charge in [0.25, 0.3) is 0 Å². The molecule has 0 aromatic heterocycles. The summed E-state index contributed by atoms with van der Waals surface area (Å²) in [5, 5.41) is 0.594. The molecule has 0 saturated carbocycles. The molecule has 0 bridgehead atoms. The van der Waals surface area contributed by atoms with Gasteiger partial charge in [-0.15, -0.1) is 0 Å². The van der Waals surface area contributed by atoms with Crippen molar-refractivity contribution in [3.63, 3.8) is 0 Å². The van der Waals surface area contributed by atoms with Gasteiger partial charge in [-0.25, -0.2) is 4.79 Å². The number of halogens is 1. The minimum absolute atomic E-state index is 0.0330. The van der Waals surface area contributed by atoms with E-state index in [0.717, 1.165) is 5.56 Å². The van der Waals surface area contributed by atoms with Crippen molar-refractivity contribution in [3.8, 4) is 0 Å². The molecule has 0 amide bonds. The highest BCUT2D eigenvalue weighted by Gasteiger charge is 2.13. The van der Waals surface area contributed by atoms with Crippen molar-refractivity contribution in [2.24, 2.45) is 0 Å². The summed E-state index contributed by atoms with van der Waals surface area (Å²) in [6.45, 7) is 3.89. The molecule has 92 valence electrons. The Labute approximate surface area is 109 Å². The van der Waals surface area contributed by atoms with Crippen LogP contribution in [0.4, 0.5) is 0 Å². The zero-order valence-electron chi connectivity index (χ0n) is 9.96. The zero-order valence-corrected chi connectivity index (χ0v) is 11.5. The Balaban J connectivity index is 3.13. The van der Waals surface area contributed by atoms with Crippen molar-refractivity contribution in [2.45, 2.75) is 25.6 Å². The van der Waals surface area contributed by atoms with Crippen LogP contribution in [0.5, 0.6) is 0 Å². The SMILES string of the molecule is CCOC(=O)c1ccc(CBr)c(C(=O)CC)c1. The van der Waals surface area contributed by atoms with Crippen LogP contribution in [0.3, 0.4) is 0 Å². The smallest absolute Gasteiger partial charge is 0.338 e. The molecule has 0 saturated heterocycles. The largest absolute Gasteiger partial charge is 0.462 e. The molecule has 0 radical (unpaired) electrons. The number of carbonyl (C=O) groups excluding carboxylic acids is 2. The molecule has 0 aliphatic heterocycles. The first-order valence-electron chi connectivity index (χ1n) is 5.53. The fourth-order valence-electron chi connectivity index (χ4n) is 1.48. The fraction of sp³-hybridized carbons (Fsp3) is 0.385. The highest BCUT2D eigenvalue weighted by atomic mass is 79.9. The minimum Gasteiger partial charge on any atom is -0.462 e. The Kier molecular flexibility index (Phi) is 5.35. The molecule has 0 spiro atoms. The summed E-state index contributed by atoms with van der Waals surface area (Å²) in [5.74, 6) is -0.357. The summed E-state index contributed by atoms with van der Waals surface area (Å²) in [7, 11) is 0. The van der Waals surface area contributed by atoms with Gasteiger partial charge in [0, 0.05) is 17.3 Å². The molecule has 3 nitrogen and oxygen atoms in total. The maximum atomic E-state index is 11.8. The Morgan fingerprint density at radius 1 is 1.29 bits per heavy atom. The van der Waals surface area contributed by atoms with Gasteiger partial charge in [0.05, 0.1) is 12.2 Å². The Morgan fingerprint density at radius 3 is 2.53 bits per heavy atom. The summed E-state index contributed by atoms with van der Waals surface area (Å²) < 4.78 is 4.91. The lowest BCUT2D eigenvalue weighted by molar-refractivity contribution is 0.0526. The van der Waals surface area contributed by atoms with Crippen LogP contribution in [-0.2, 0) is 10.1 Å². The average Bonchev–Trinajstić information content (AvgIpc) is 2.37. The Hall–Kier alpha value is -1.16. The molecule has 0 unspecified atom stereocenters. The van der Waals surface area contributed by atoms with Gasteiger partial charge in [-0.3, -0.25) is 4.79 Å². The van der Waals surface area contributed by atoms with E-state index in [-0.39, 0.29) is 5.78 Å². The van der Waals surface area contributed by atoms with Gasteiger partial charge in [-0.1, -0.05) is 28.9 Å². The number of alkyl halides is 1. The lowest BCUT2D eigenvalue weighted by Crippen LogP contribution is -2.08. The number of hydrogen-bond donors (Lipinski definition) is 0. The molecule has 0 aliphatic carbocycles. The normalized spacial score (nSPS) is 10.1. The fourth-order valence-corrected chi connectivity index (χ4v) is 1.97. The van der Waals surface area contributed by atoms with E-state index in [9.17, 15) is 9.59 Å². The van der Waals surface area contributed by atoms with E-state index >= 15 is 0 Å². The molecule has 0 fully saturated rings. The van der Waals surface area contributed by atoms with Gasteiger partial charge in [0.15, 0.2) is 5.78 Å². The van der Waals surface area contributed by atoms with Crippen LogP contribution in [0.25, 0.3) is 0 Å². The third kappa shape index (κ3) is 3.40. The van der Waals surface area contributed by atoms with E-state index in [0.29, 0.717) is 29.5 Å². The van der Waals surface area contributed by atoms with E-state index in [4.69, 9.17) is 4.74 Å². The van der Waals surface area contributed by atoms with Crippen molar-refractivity contribution >= 4 is 27.7 Å². The van der Waals surface area contributed by atoms with Crippen LogP contribution in [0.2, 0.25) is 0 Å². The number of ketones is 1. The van der Waals surface area contributed by atoms with Crippen LogP contribution in [0, 0.1) is 0 Å². The molecule has 1 rings (SSSR count). The van der Waals surface area contributed by atoms with Gasteiger partial charge in [0.1, 0.15) is 0 Å². The molecule has 0 atom stereocenters. The second kappa shape index (κ2) is 6.55. The van der Waals surface area contributed by atoms with Crippen LogP contribution >= 0.6 is 15.9 Å². The molecule has 0 heterocycles. The van der Waals surface area contributed by atoms with E-state index < -0.39 is 5.97 Å².